The second-order valence-corrected chi connectivity index (χ2v) is 28.7. The van der Waals surface area contributed by atoms with Crippen molar-refractivity contribution < 1.29 is 81.5 Å². The number of carbonyl (C=O) groups is 11. The van der Waals surface area contributed by atoms with Gasteiger partial charge in [-0.3, -0.25) is 47.9 Å². The zero-order valence-electron chi connectivity index (χ0n) is 63.6. The third-order valence-electron chi connectivity index (χ3n) is 19.8. The molecule has 0 radical (unpaired) electrons. The number of nitrogens with zero attached hydrogens (tertiary/aromatic N) is 3. The van der Waals surface area contributed by atoms with E-state index in [-0.39, 0.29) is 147 Å². The Bertz CT molecular complexity index is 2910. The zero-order chi connectivity index (χ0) is 75.5. The molecule has 0 aliphatic carbocycles. The molecule has 1 fully saturated rings. The van der Waals surface area contributed by atoms with Crippen molar-refractivity contribution in [3.63, 3.8) is 0 Å². The fraction of sp³-hybridized carbons (Fsp3) is 0.705. The highest BCUT2D eigenvalue weighted by Crippen LogP contribution is 2.34. The van der Waals surface area contributed by atoms with Gasteiger partial charge in [0, 0.05) is 123 Å². The first-order valence-electron chi connectivity index (χ1n) is 36.9. The van der Waals surface area contributed by atoms with Crippen LogP contribution in [0.3, 0.4) is 0 Å². The van der Waals surface area contributed by atoms with Gasteiger partial charge in [0.25, 0.3) is 0 Å². The standard InChI is InChI=1S/C78H124N6O17/c1-17-53(9)73(68(97-15)47-70(92)84-40-26-34-64(84)75(98-16)55(11)65(88)44-54(10)74(93)58-28-21-19-22-29-58)82(13)77(95)63(50(3)4)46-67(90)72(52(7)8)83(14)78(96)101-48-57-35-37-60(38-36-57)80-76(94)59(30-25-39-79-56(12)85)45-66(89)71(51(5)6)81-69(91)49-100-43-42-99-41-27-33-62(87)32-24-20-23-31-61(86)18-2/h19,21-22,28-29,35-38,50-55,59,63-64,68,71-75,93H,17-18,20,23-27,30-34,39-49H2,1-16H3,(H,79,85)(H,80,94)(H,81,91)/t53-,54-,55-,59?,63?,64-,68+,71?,72?,73?,74+,75+/m0/s1. The lowest BCUT2D eigenvalue weighted by Gasteiger charge is -2.41. The van der Waals surface area contributed by atoms with Crippen LogP contribution >= 0.6 is 0 Å². The molecule has 0 saturated carbocycles. The number of rotatable bonds is 51. The topological polar surface area (TPSA) is 300 Å². The molecular weight excluding hydrogens is 1290 g/mol. The van der Waals surface area contributed by atoms with Crippen LogP contribution in [0.15, 0.2) is 54.6 Å². The number of nitrogens with one attached hydrogen (secondary N) is 3. The number of Topliss-reactive ketones (excluding diaryl/α,β-unsaturated/α-hetero) is 5. The average molecular weight is 1420 g/mol. The molecule has 23 nitrogen and oxygen atoms in total. The van der Waals surface area contributed by atoms with Gasteiger partial charge in [0.05, 0.1) is 62.1 Å². The number of unbranched alkanes of at least 4 members (excludes halogenated alkanes) is 2. The predicted molar refractivity (Wildman–Crippen MR) is 388 cm³/mol. The minimum atomic E-state index is -0.963. The average Bonchev–Trinajstić information content (AvgIpc) is 1.80. The van der Waals surface area contributed by atoms with Crippen LogP contribution in [0.25, 0.3) is 0 Å². The molecular formula is C78H124N6O17. The van der Waals surface area contributed by atoms with E-state index in [0.717, 1.165) is 24.8 Å². The van der Waals surface area contributed by atoms with Crippen molar-refractivity contribution in [2.75, 3.05) is 73.1 Å². The van der Waals surface area contributed by atoms with Crippen LogP contribution in [0.4, 0.5) is 10.5 Å². The van der Waals surface area contributed by atoms with Crippen molar-refractivity contribution in [1.29, 1.82) is 0 Å². The number of ether oxygens (including phenoxy) is 5. The van der Waals surface area contributed by atoms with Gasteiger partial charge in [-0.2, -0.15) is 0 Å². The number of hydrogen-bond acceptors (Lipinski definition) is 17. The smallest absolute Gasteiger partial charge is 0.410 e. The quantitative estimate of drug-likeness (QED) is 0.0448. The van der Waals surface area contributed by atoms with Crippen LogP contribution in [0.2, 0.25) is 0 Å². The number of benzene rings is 2. The Balaban J connectivity index is 1.62. The van der Waals surface area contributed by atoms with Gasteiger partial charge in [-0.05, 0) is 97.8 Å². The Morgan fingerprint density at radius 2 is 1.31 bits per heavy atom. The summed E-state index contributed by atoms with van der Waals surface area (Å²) in [5.41, 5.74) is 1.70. The zero-order valence-corrected chi connectivity index (χ0v) is 63.6. The lowest BCUT2D eigenvalue weighted by atomic mass is 9.83. The van der Waals surface area contributed by atoms with E-state index in [1.165, 1.54) is 26.0 Å². The molecule has 1 heterocycles. The number of ketones is 5. The first-order chi connectivity index (χ1) is 47.9. The van der Waals surface area contributed by atoms with E-state index in [1.54, 1.807) is 62.1 Å². The molecule has 2 aromatic carbocycles. The molecule has 0 spiro atoms. The lowest BCUT2D eigenvalue weighted by molar-refractivity contribution is -0.149. The van der Waals surface area contributed by atoms with Gasteiger partial charge >= 0.3 is 6.09 Å². The highest BCUT2D eigenvalue weighted by Gasteiger charge is 2.44. The Kier molecular flexibility index (Phi) is 40.9. The molecule has 0 aromatic heterocycles. The van der Waals surface area contributed by atoms with Gasteiger partial charge in [0.1, 0.15) is 30.6 Å². The van der Waals surface area contributed by atoms with Crippen molar-refractivity contribution in [3.05, 3.63) is 65.7 Å². The third-order valence-corrected chi connectivity index (χ3v) is 19.8. The molecule has 1 saturated heterocycles. The summed E-state index contributed by atoms with van der Waals surface area (Å²) >= 11 is 0. The van der Waals surface area contributed by atoms with Gasteiger partial charge < -0.3 is 59.4 Å². The van der Waals surface area contributed by atoms with Crippen LogP contribution in [-0.2, 0) is 78.2 Å². The number of carbonyl (C=O) groups excluding carboxylic acids is 11. The number of likely N-dealkylation sites (tertiary alicyclic amines) is 1. The Hall–Kier alpha value is -6.79. The Morgan fingerprint density at radius 1 is 0.663 bits per heavy atom. The number of hydrogen-bond donors (Lipinski definition) is 4. The summed E-state index contributed by atoms with van der Waals surface area (Å²) < 4.78 is 29.0. The van der Waals surface area contributed by atoms with Crippen LogP contribution in [0, 0.1) is 47.3 Å². The van der Waals surface area contributed by atoms with Crippen LogP contribution in [0.5, 0.6) is 0 Å². The van der Waals surface area contributed by atoms with Crippen molar-refractivity contribution in [2.45, 2.75) is 241 Å². The van der Waals surface area contributed by atoms with E-state index in [2.05, 4.69) is 16.0 Å². The number of aliphatic hydroxyl groups excluding tert-OH is 1. The summed E-state index contributed by atoms with van der Waals surface area (Å²) in [6.07, 6.45) is 4.37. The van der Waals surface area contributed by atoms with E-state index < -0.39 is 72.1 Å². The summed E-state index contributed by atoms with van der Waals surface area (Å²) in [5.74, 6) is -5.74. The Morgan fingerprint density at radius 3 is 1.90 bits per heavy atom. The summed E-state index contributed by atoms with van der Waals surface area (Å²) in [6.45, 7) is 22.8. The first-order valence-corrected chi connectivity index (χ1v) is 36.9. The molecule has 2 aromatic rings. The molecule has 12 atom stereocenters. The number of anilines is 1. The van der Waals surface area contributed by atoms with Gasteiger partial charge in [-0.15, -0.1) is 0 Å². The summed E-state index contributed by atoms with van der Waals surface area (Å²) in [6, 6.07) is 13.0. The van der Waals surface area contributed by atoms with E-state index >= 15 is 0 Å². The molecule has 4 N–H and O–H groups in total. The first kappa shape index (κ1) is 88.4. The van der Waals surface area contributed by atoms with Crippen molar-refractivity contribution >= 4 is 70.2 Å². The van der Waals surface area contributed by atoms with Crippen LogP contribution < -0.4 is 16.0 Å². The molecule has 5 unspecified atom stereocenters. The third kappa shape index (κ3) is 30.2. The van der Waals surface area contributed by atoms with Crippen molar-refractivity contribution in [2.24, 2.45) is 47.3 Å². The summed E-state index contributed by atoms with van der Waals surface area (Å²) in [7, 11) is 6.25. The second kappa shape index (κ2) is 46.7. The molecule has 23 heteroatoms. The predicted octanol–water partition coefficient (Wildman–Crippen LogP) is 10.6. The Labute approximate surface area is 602 Å². The van der Waals surface area contributed by atoms with Crippen molar-refractivity contribution in [3.8, 4) is 0 Å². The number of likely N-dealkylation sites (N-methyl/N-ethyl adjacent to an activating group) is 2. The van der Waals surface area contributed by atoms with E-state index in [9.17, 15) is 57.8 Å². The second-order valence-electron chi connectivity index (χ2n) is 28.7. The van der Waals surface area contributed by atoms with E-state index in [0.29, 0.717) is 82.2 Å². The normalized spacial score (nSPS) is 16.4. The number of amides is 6. The maximum absolute atomic E-state index is 14.9. The molecule has 0 bridgehead atoms. The minimum Gasteiger partial charge on any atom is -0.445 e. The summed E-state index contributed by atoms with van der Waals surface area (Å²) in [5, 5.41) is 19.4. The molecule has 568 valence electrons. The van der Waals surface area contributed by atoms with Crippen LogP contribution in [-0.4, -0.2) is 189 Å². The maximum Gasteiger partial charge on any atom is 0.410 e. The molecule has 101 heavy (non-hydrogen) atoms. The highest BCUT2D eigenvalue weighted by molar-refractivity contribution is 5.98. The molecule has 1 aliphatic heterocycles. The SMILES string of the molecule is CCC(=O)CCCCCC(=O)CCCOCCOCC(=O)NC(C(=O)CC(CCCNC(C)=O)C(=O)Nc1ccc(COC(=O)N(C)C(C(=O)CC(C(=O)N(C)C([C@@H](C)CC)[C@@H](CC(=O)N2CCC[C@H]2[C@H](OC)[C@@H](C)C(=O)C[C@H](C)[C@@H](O)c2ccccc2)OC)C(C)C)C(C)C)cc1)C(C)C. The van der Waals surface area contributed by atoms with Gasteiger partial charge in [-0.1, -0.05) is 131 Å². The van der Waals surface area contributed by atoms with Gasteiger partial charge in [0.2, 0.25) is 29.5 Å². The largest absolute Gasteiger partial charge is 0.445 e. The number of methoxy groups -OCH3 is 2. The summed E-state index contributed by atoms with van der Waals surface area (Å²) in [4.78, 5) is 153. The molecule has 6 amide bonds. The number of aliphatic hydroxyl groups is 1. The highest BCUT2D eigenvalue weighted by atomic mass is 16.6. The van der Waals surface area contributed by atoms with Gasteiger partial charge in [-0.25, -0.2) is 4.79 Å². The van der Waals surface area contributed by atoms with Crippen molar-refractivity contribution in [1.82, 2.24) is 25.3 Å². The fourth-order valence-corrected chi connectivity index (χ4v) is 13.5. The van der Waals surface area contributed by atoms with E-state index in [1.807, 2.05) is 92.6 Å². The van der Waals surface area contributed by atoms with Gasteiger partial charge in [0.15, 0.2) is 11.6 Å². The molecule has 1 aliphatic rings. The fourth-order valence-electron chi connectivity index (χ4n) is 13.5. The van der Waals surface area contributed by atoms with Crippen LogP contribution in [0.1, 0.15) is 209 Å². The molecule has 3 rings (SSSR count). The van der Waals surface area contributed by atoms with E-state index in [4.69, 9.17) is 23.7 Å². The minimum absolute atomic E-state index is 0.0525. The maximum atomic E-state index is 14.9. The lowest BCUT2D eigenvalue weighted by Crippen LogP contribution is -2.54. The monoisotopic (exact) mass is 1420 g/mol.